The molecule has 0 aliphatic heterocycles. The summed E-state index contributed by atoms with van der Waals surface area (Å²) in [6, 6.07) is 0. The Morgan fingerprint density at radius 1 is 1.36 bits per heavy atom. The highest BCUT2D eigenvalue weighted by Gasteiger charge is 2.20. The van der Waals surface area contributed by atoms with Crippen molar-refractivity contribution in [3.63, 3.8) is 0 Å². The minimum atomic E-state index is -0.908. The number of carbonyl (C=O) groups excluding carboxylic acids is 1. The Hall–Kier alpha value is -0.530. The van der Waals surface area contributed by atoms with E-state index < -0.39 is 5.97 Å². The van der Waals surface area contributed by atoms with E-state index in [4.69, 9.17) is 0 Å². The summed E-state index contributed by atoms with van der Waals surface area (Å²) in [4.78, 5) is 10.6. The first-order valence-electron chi connectivity index (χ1n) is 4.21. The first kappa shape index (κ1) is 10.5. The quantitative estimate of drug-likeness (QED) is 0.612. The van der Waals surface area contributed by atoms with Gasteiger partial charge in [-0.05, 0) is 11.8 Å². The van der Waals surface area contributed by atoms with E-state index >= 15 is 0 Å². The molecular weight excluding hydrogens is 140 g/mol. The van der Waals surface area contributed by atoms with Crippen molar-refractivity contribution in [2.75, 3.05) is 0 Å². The molecule has 0 aliphatic rings. The summed E-state index contributed by atoms with van der Waals surface area (Å²) in [6.07, 6.45) is 0.900. The maximum atomic E-state index is 10.6. The fourth-order valence-corrected chi connectivity index (χ4v) is 1.42. The minimum Gasteiger partial charge on any atom is -0.550 e. The lowest BCUT2D eigenvalue weighted by molar-refractivity contribution is -0.314. The summed E-state index contributed by atoms with van der Waals surface area (Å²) in [5.41, 5.74) is 0. The Kier molecular flexibility index (Phi) is 4.16. The molecule has 2 unspecified atom stereocenters. The van der Waals surface area contributed by atoms with Gasteiger partial charge in [0.2, 0.25) is 0 Å². The predicted octanol–water partition coefficient (Wildman–Crippen LogP) is 1.05. The van der Waals surface area contributed by atoms with Crippen molar-refractivity contribution < 1.29 is 9.90 Å². The molecule has 0 fully saturated rings. The Balaban J connectivity index is 4.21. The highest BCUT2D eigenvalue weighted by Crippen LogP contribution is 2.22. The van der Waals surface area contributed by atoms with Crippen LogP contribution in [0.5, 0.6) is 0 Å². The predicted molar refractivity (Wildman–Crippen MR) is 42.8 cm³/mol. The van der Waals surface area contributed by atoms with Gasteiger partial charge in [0.1, 0.15) is 0 Å². The highest BCUT2D eigenvalue weighted by atomic mass is 16.4. The van der Waals surface area contributed by atoms with Gasteiger partial charge in [-0.25, -0.2) is 0 Å². The zero-order valence-electron chi connectivity index (χ0n) is 7.76. The van der Waals surface area contributed by atoms with Gasteiger partial charge in [-0.15, -0.1) is 0 Å². The van der Waals surface area contributed by atoms with Crippen molar-refractivity contribution in [1.82, 2.24) is 0 Å². The van der Waals surface area contributed by atoms with Crippen LogP contribution >= 0.6 is 0 Å². The van der Waals surface area contributed by atoms with Gasteiger partial charge in [0, 0.05) is 11.9 Å². The van der Waals surface area contributed by atoms with E-state index in [0.717, 1.165) is 6.42 Å². The topological polar surface area (TPSA) is 40.1 Å². The van der Waals surface area contributed by atoms with Gasteiger partial charge in [-0.2, -0.15) is 0 Å². The molecule has 0 saturated heterocycles. The zero-order valence-corrected chi connectivity index (χ0v) is 7.76. The standard InChI is InChI=1S/C9H18O2/c1-5-7(4)8(6(2)3)9(10)11/h6-8H,5H2,1-4H3,(H,10,11)/p-1. The smallest absolute Gasteiger partial charge is 0.0450 e. The molecule has 0 aromatic rings. The van der Waals surface area contributed by atoms with Crippen molar-refractivity contribution in [3.8, 4) is 0 Å². The van der Waals surface area contributed by atoms with Crippen molar-refractivity contribution in [3.05, 3.63) is 0 Å². The Labute approximate surface area is 68.6 Å². The molecule has 0 heterocycles. The van der Waals surface area contributed by atoms with Gasteiger partial charge in [-0.3, -0.25) is 0 Å². The molecule has 11 heavy (non-hydrogen) atoms. The molecule has 0 aromatic heterocycles. The summed E-state index contributed by atoms with van der Waals surface area (Å²) in [7, 11) is 0. The lowest BCUT2D eigenvalue weighted by Gasteiger charge is -2.27. The summed E-state index contributed by atoms with van der Waals surface area (Å²) >= 11 is 0. The van der Waals surface area contributed by atoms with E-state index in [-0.39, 0.29) is 17.8 Å². The molecule has 0 radical (unpaired) electrons. The molecule has 2 atom stereocenters. The summed E-state index contributed by atoms with van der Waals surface area (Å²) < 4.78 is 0. The van der Waals surface area contributed by atoms with Crippen LogP contribution in [0.3, 0.4) is 0 Å². The van der Waals surface area contributed by atoms with Crippen molar-refractivity contribution in [1.29, 1.82) is 0 Å². The van der Waals surface area contributed by atoms with Crippen LogP contribution in [0.4, 0.5) is 0 Å². The van der Waals surface area contributed by atoms with Gasteiger partial charge in [0.25, 0.3) is 0 Å². The number of carboxylic acid groups (broad SMARTS) is 1. The highest BCUT2D eigenvalue weighted by molar-refractivity contribution is 5.68. The normalized spacial score (nSPS) is 16.5. The molecule has 0 spiro atoms. The fourth-order valence-electron chi connectivity index (χ4n) is 1.42. The lowest BCUT2D eigenvalue weighted by atomic mass is 9.83. The lowest BCUT2D eigenvalue weighted by Crippen LogP contribution is -2.38. The number of carbonyl (C=O) groups is 1. The van der Waals surface area contributed by atoms with Crippen molar-refractivity contribution >= 4 is 5.97 Å². The van der Waals surface area contributed by atoms with Gasteiger partial charge in [-0.1, -0.05) is 34.1 Å². The van der Waals surface area contributed by atoms with Crippen LogP contribution in [0, 0.1) is 17.8 Å². The Morgan fingerprint density at radius 2 is 1.82 bits per heavy atom. The van der Waals surface area contributed by atoms with Crippen LogP contribution in [-0.2, 0) is 4.79 Å². The number of aliphatic carboxylic acids is 1. The van der Waals surface area contributed by atoms with Crippen molar-refractivity contribution in [2.24, 2.45) is 17.8 Å². The Bertz CT molecular complexity index is 130. The maximum Gasteiger partial charge on any atom is 0.0450 e. The van der Waals surface area contributed by atoms with Crippen LogP contribution in [-0.4, -0.2) is 5.97 Å². The second-order valence-electron chi connectivity index (χ2n) is 3.47. The van der Waals surface area contributed by atoms with Crippen LogP contribution < -0.4 is 5.11 Å². The summed E-state index contributed by atoms with van der Waals surface area (Å²) in [6.45, 7) is 7.81. The molecular formula is C9H17O2-. The number of hydrogen-bond acceptors (Lipinski definition) is 2. The third kappa shape index (κ3) is 2.91. The molecule has 2 heteroatoms. The Morgan fingerprint density at radius 3 is 1.91 bits per heavy atom. The fraction of sp³-hybridized carbons (Fsp3) is 0.889. The second-order valence-corrected chi connectivity index (χ2v) is 3.47. The van der Waals surface area contributed by atoms with Gasteiger partial charge in [0.05, 0.1) is 0 Å². The average molecular weight is 157 g/mol. The number of hydrogen-bond donors (Lipinski definition) is 0. The first-order chi connectivity index (χ1) is 5.00. The summed E-state index contributed by atoms with van der Waals surface area (Å²) in [5.74, 6) is -0.802. The minimum absolute atomic E-state index is 0.176. The monoisotopic (exact) mass is 157 g/mol. The van der Waals surface area contributed by atoms with Gasteiger partial charge in [0.15, 0.2) is 0 Å². The van der Waals surface area contributed by atoms with Crippen molar-refractivity contribution in [2.45, 2.75) is 34.1 Å². The third-order valence-corrected chi connectivity index (χ3v) is 2.25. The third-order valence-electron chi connectivity index (χ3n) is 2.25. The second kappa shape index (κ2) is 4.37. The molecule has 0 bridgehead atoms. The molecule has 2 nitrogen and oxygen atoms in total. The average Bonchev–Trinajstić information content (AvgIpc) is 1.85. The zero-order chi connectivity index (χ0) is 9.02. The van der Waals surface area contributed by atoms with Crippen LogP contribution in [0.1, 0.15) is 34.1 Å². The first-order valence-corrected chi connectivity index (χ1v) is 4.21. The van der Waals surface area contributed by atoms with E-state index in [0.29, 0.717) is 0 Å². The molecule has 66 valence electrons. The van der Waals surface area contributed by atoms with E-state index in [9.17, 15) is 9.90 Å². The SMILES string of the molecule is CCC(C)C(C(=O)[O-])C(C)C. The van der Waals surface area contributed by atoms with Crippen LogP contribution in [0.2, 0.25) is 0 Å². The molecule has 0 aliphatic carbocycles. The molecule has 0 N–H and O–H groups in total. The van der Waals surface area contributed by atoms with Gasteiger partial charge < -0.3 is 9.90 Å². The van der Waals surface area contributed by atoms with E-state index in [2.05, 4.69) is 0 Å². The van der Waals surface area contributed by atoms with Crippen LogP contribution in [0.25, 0.3) is 0 Å². The molecule has 0 rings (SSSR count). The maximum absolute atomic E-state index is 10.6. The summed E-state index contributed by atoms with van der Waals surface area (Å²) in [5, 5.41) is 10.6. The van der Waals surface area contributed by atoms with Gasteiger partial charge >= 0.3 is 0 Å². The molecule has 0 amide bonds. The van der Waals surface area contributed by atoms with E-state index in [1.165, 1.54) is 0 Å². The van der Waals surface area contributed by atoms with Crippen LogP contribution in [0.15, 0.2) is 0 Å². The largest absolute Gasteiger partial charge is 0.550 e. The van der Waals surface area contributed by atoms with E-state index in [1.807, 2.05) is 27.7 Å². The van der Waals surface area contributed by atoms with E-state index in [1.54, 1.807) is 0 Å². The number of rotatable bonds is 4. The molecule has 0 aromatic carbocycles. The number of carboxylic acids is 1. The molecule has 0 saturated carbocycles.